The minimum Gasteiger partial charge on any atom is -0.462 e. The van der Waals surface area contributed by atoms with E-state index < -0.39 is 97.5 Å². The van der Waals surface area contributed by atoms with Crippen molar-refractivity contribution < 1.29 is 80.2 Å². The van der Waals surface area contributed by atoms with Gasteiger partial charge in [-0.3, -0.25) is 37.3 Å². The molecule has 0 saturated heterocycles. The van der Waals surface area contributed by atoms with E-state index in [1.165, 1.54) is 83.5 Å². The molecule has 0 aromatic rings. The average molecular weight is 1210 g/mol. The van der Waals surface area contributed by atoms with Gasteiger partial charge >= 0.3 is 39.5 Å². The average Bonchev–Trinajstić information content (AvgIpc) is 3.43. The molecule has 0 spiro atoms. The van der Waals surface area contributed by atoms with Crippen LogP contribution in [0, 0.1) is 11.8 Å². The lowest BCUT2D eigenvalue weighted by Gasteiger charge is -2.21. The maximum Gasteiger partial charge on any atom is 0.472 e. The van der Waals surface area contributed by atoms with E-state index in [1.54, 1.807) is 0 Å². The first-order chi connectivity index (χ1) is 39.4. The number of hydrogen-bond acceptors (Lipinski definition) is 15. The van der Waals surface area contributed by atoms with Crippen molar-refractivity contribution in [3.63, 3.8) is 0 Å². The lowest BCUT2D eigenvalue weighted by molar-refractivity contribution is -0.161. The Morgan fingerprint density at radius 2 is 0.659 bits per heavy atom. The Hall–Kier alpha value is -2.46. The zero-order valence-electron chi connectivity index (χ0n) is 52.3. The Morgan fingerprint density at radius 3 is 1.00 bits per heavy atom. The number of phosphoric acid groups is 2. The van der Waals surface area contributed by atoms with Gasteiger partial charge in [0.2, 0.25) is 0 Å². The standard InChI is InChI=1S/C63H118O17P2/c1-7-9-11-13-14-15-16-17-18-19-20-25-28-35-41-47-62(67)79-59(52-74-61(66)46-40-34-27-24-22-21-23-26-32-37-43-55(3)4)54-78-82(71,72)76-50-57(64)49-75-81(69,70)77-53-58(51-73-60(65)45-39-31-12-10-8-2)80-63(68)48-42-36-30-29-33-38-44-56(5)6/h15-18,55-59,64H,7-14,19-54H2,1-6H3,(H,69,70)(H,71,72)/b16-15-,18-17-/t57-,58+,59+/m0/s1. The molecular formula is C63H118O17P2. The molecule has 2 unspecified atom stereocenters. The summed E-state index contributed by atoms with van der Waals surface area (Å²) >= 11 is 0. The summed E-state index contributed by atoms with van der Waals surface area (Å²) < 4.78 is 67.7. The summed E-state index contributed by atoms with van der Waals surface area (Å²) in [6.07, 6.45) is 40.3. The van der Waals surface area contributed by atoms with E-state index in [0.29, 0.717) is 31.6 Å². The van der Waals surface area contributed by atoms with Gasteiger partial charge in [0.25, 0.3) is 0 Å². The molecule has 0 amide bonds. The second kappa shape index (κ2) is 55.1. The normalized spacial score (nSPS) is 14.5. The highest BCUT2D eigenvalue weighted by Gasteiger charge is 2.30. The summed E-state index contributed by atoms with van der Waals surface area (Å²) in [5.41, 5.74) is 0. The van der Waals surface area contributed by atoms with Gasteiger partial charge in [0.15, 0.2) is 12.2 Å². The van der Waals surface area contributed by atoms with Crippen LogP contribution in [0.5, 0.6) is 0 Å². The van der Waals surface area contributed by atoms with Crippen LogP contribution in [0.25, 0.3) is 0 Å². The Balaban J connectivity index is 5.22. The SMILES string of the molecule is CCCCCC/C=C\C=C/CCCCCCCC(=O)O[C@H](COC(=O)CCCCCCCCCCCCC(C)C)COP(=O)(O)OC[C@@H](O)COP(=O)(O)OC[C@@H](COC(=O)CCCCCCC)OC(=O)CCCCCCCCC(C)C. The molecule has 0 fully saturated rings. The third-order valence-electron chi connectivity index (χ3n) is 13.8. The van der Waals surface area contributed by atoms with Crippen molar-refractivity contribution in [1.29, 1.82) is 0 Å². The highest BCUT2D eigenvalue weighted by molar-refractivity contribution is 7.47. The first kappa shape index (κ1) is 79.5. The monoisotopic (exact) mass is 1210 g/mol. The van der Waals surface area contributed by atoms with Crippen molar-refractivity contribution in [2.45, 2.75) is 304 Å². The number of aliphatic hydroxyl groups is 1. The highest BCUT2D eigenvalue weighted by Crippen LogP contribution is 2.45. The Bertz CT molecular complexity index is 1710. The Morgan fingerprint density at radius 1 is 0.378 bits per heavy atom. The number of aliphatic hydroxyl groups excluding tert-OH is 1. The van der Waals surface area contributed by atoms with Gasteiger partial charge in [0, 0.05) is 25.7 Å². The zero-order chi connectivity index (χ0) is 60.8. The van der Waals surface area contributed by atoms with Gasteiger partial charge < -0.3 is 33.8 Å². The molecule has 0 rings (SSSR count). The van der Waals surface area contributed by atoms with Crippen LogP contribution in [0.15, 0.2) is 24.3 Å². The molecule has 0 aromatic carbocycles. The van der Waals surface area contributed by atoms with Crippen molar-refractivity contribution in [3.05, 3.63) is 24.3 Å². The number of hydrogen-bond donors (Lipinski definition) is 3. The second-order valence-corrected chi connectivity index (χ2v) is 26.0. The van der Waals surface area contributed by atoms with Crippen molar-refractivity contribution in [2.24, 2.45) is 11.8 Å². The summed E-state index contributed by atoms with van der Waals surface area (Å²) in [6.45, 7) is 9.22. The van der Waals surface area contributed by atoms with E-state index in [4.69, 9.17) is 37.0 Å². The number of esters is 4. The molecule has 482 valence electrons. The lowest BCUT2D eigenvalue weighted by atomic mass is 10.0. The summed E-state index contributed by atoms with van der Waals surface area (Å²) in [4.78, 5) is 71.9. The number of allylic oxidation sites excluding steroid dienone is 4. The highest BCUT2D eigenvalue weighted by atomic mass is 31.2. The molecule has 0 aliphatic heterocycles. The van der Waals surface area contributed by atoms with Crippen LogP contribution in [-0.2, 0) is 65.4 Å². The minimum absolute atomic E-state index is 0.0842. The van der Waals surface area contributed by atoms with Gasteiger partial charge in [-0.05, 0) is 63.2 Å². The topological polar surface area (TPSA) is 237 Å². The Kier molecular flexibility index (Phi) is 53.5. The van der Waals surface area contributed by atoms with Crippen LogP contribution in [0.2, 0.25) is 0 Å². The van der Waals surface area contributed by atoms with Gasteiger partial charge in [0.1, 0.15) is 19.3 Å². The van der Waals surface area contributed by atoms with Crippen LogP contribution >= 0.6 is 15.6 Å². The maximum atomic E-state index is 13.0. The van der Waals surface area contributed by atoms with Crippen LogP contribution in [0.4, 0.5) is 0 Å². The van der Waals surface area contributed by atoms with Gasteiger partial charge in [0.05, 0.1) is 26.4 Å². The fraction of sp³-hybridized carbons (Fsp3) is 0.873. The lowest BCUT2D eigenvalue weighted by Crippen LogP contribution is -2.30. The third-order valence-corrected chi connectivity index (χ3v) is 15.7. The summed E-state index contributed by atoms with van der Waals surface area (Å²) in [5, 5.41) is 10.5. The molecule has 19 heteroatoms. The van der Waals surface area contributed by atoms with Crippen molar-refractivity contribution in [1.82, 2.24) is 0 Å². The van der Waals surface area contributed by atoms with E-state index in [-0.39, 0.29) is 25.7 Å². The molecule has 5 atom stereocenters. The molecule has 0 heterocycles. The van der Waals surface area contributed by atoms with Crippen LogP contribution in [-0.4, -0.2) is 96.7 Å². The Labute approximate surface area is 497 Å². The summed E-state index contributed by atoms with van der Waals surface area (Å²) in [6, 6.07) is 0. The number of phosphoric ester groups is 2. The van der Waals surface area contributed by atoms with Gasteiger partial charge in [-0.15, -0.1) is 0 Å². The smallest absolute Gasteiger partial charge is 0.462 e. The van der Waals surface area contributed by atoms with Crippen molar-refractivity contribution in [2.75, 3.05) is 39.6 Å². The van der Waals surface area contributed by atoms with E-state index in [1.807, 2.05) is 0 Å². The van der Waals surface area contributed by atoms with Crippen LogP contribution in [0.1, 0.15) is 286 Å². The van der Waals surface area contributed by atoms with E-state index in [0.717, 1.165) is 115 Å². The summed E-state index contributed by atoms with van der Waals surface area (Å²) in [7, 11) is -9.89. The van der Waals surface area contributed by atoms with Crippen molar-refractivity contribution >= 4 is 39.5 Å². The molecule has 0 aliphatic carbocycles. The van der Waals surface area contributed by atoms with E-state index in [2.05, 4.69) is 65.8 Å². The number of rotatable bonds is 60. The molecule has 0 saturated carbocycles. The molecule has 0 aliphatic rings. The van der Waals surface area contributed by atoms with Crippen molar-refractivity contribution in [3.8, 4) is 0 Å². The fourth-order valence-electron chi connectivity index (χ4n) is 8.81. The molecule has 0 aromatic heterocycles. The predicted molar refractivity (Wildman–Crippen MR) is 326 cm³/mol. The number of carbonyl (C=O) groups is 4. The van der Waals surface area contributed by atoms with E-state index in [9.17, 15) is 43.2 Å². The van der Waals surface area contributed by atoms with Gasteiger partial charge in [-0.1, -0.05) is 233 Å². The third kappa shape index (κ3) is 56.7. The first-order valence-corrected chi connectivity index (χ1v) is 35.3. The predicted octanol–water partition coefficient (Wildman–Crippen LogP) is 16.8. The molecule has 0 radical (unpaired) electrons. The molecule has 82 heavy (non-hydrogen) atoms. The molecule has 0 bridgehead atoms. The first-order valence-electron chi connectivity index (χ1n) is 32.3. The van der Waals surface area contributed by atoms with E-state index >= 15 is 0 Å². The van der Waals surface area contributed by atoms with Gasteiger partial charge in [-0.2, -0.15) is 0 Å². The molecular weight excluding hydrogens is 1090 g/mol. The number of ether oxygens (including phenoxy) is 4. The summed E-state index contributed by atoms with van der Waals surface area (Å²) in [5.74, 6) is -0.757. The maximum absolute atomic E-state index is 13.0. The van der Waals surface area contributed by atoms with Gasteiger partial charge in [-0.25, -0.2) is 9.13 Å². The fourth-order valence-corrected chi connectivity index (χ4v) is 10.4. The number of unbranched alkanes of at least 4 members (excludes halogenated alkanes) is 27. The van der Waals surface area contributed by atoms with Crippen LogP contribution in [0.3, 0.4) is 0 Å². The van der Waals surface area contributed by atoms with Crippen LogP contribution < -0.4 is 0 Å². The number of carbonyl (C=O) groups excluding carboxylic acids is 4. The molecule has 3 N–H and O–H groups in total. The second-order valence-electron chi connectivity index (χ2n) is 23.1. The zero-order valence-corrected chi connectivity index (χ0v) is 54.0. The quantitative estimate of drug-likeness (QED) is 0.0169. The molecule has 17 nitrogen and oxygen atoms in total. The minimum atomic E-state index is -4.95. The largest absolute Gasteiger partial charge is 0.472 e.